The van der Waals surface area contributed by atoms with E-state index in [0.717, 1.165) is 44.5 Å². The van der Waals surface area contributed by atoms with E-state index in [1.165, 1.54) is 11.8 Å². The fraction of sp³-hybridized carbons (Fsp3) is 0.310. The maximum absolute atomic E-state index is 13.3. The number of benzene rings is 2. The van der Waals surface area contributed by atoms with Gasteiger partial charge in [-0.3, -0.25) is 14.5 Å². The number of likely N-dealkylation sites (tertiary alicyclic amines) is 2. The fourth-order valence-corrected chi connectivity index (χ4v) is 5.20. The quantitative estimate of drug-likeness (QED) is 0.314. The number of amides is 1. The molecule has 0 spiro atoms. The summed E-state index contributed by atoms with van der Waals surface area (Å²) in [6.45, 7) is 4.57. The second-order valence-corrected chi connectivity index (χ2v) is 9.27. The summed E-state index contributed by atoms with van der Waals surface area (Å²) < 4.78 is 5.69. The summed E-state index contributed by atoms with van der Waals surface area (Å²) in [4.78, 5) is 30.6. The number of piperidine rings is 1. The Balaban J connectivity index is 1.42. The number of rotatable bonds is 6. The van der Waals surface area contributed by atoms with Crippen molar-refractivity contribution in [3.63, 3.8) is 0 Å². The van der Waals surface area contributed by atoms with Gasteiger partial charge in [0.2, 0.25) is 0 Å². The van der Waals surface area contributed by atoms with Gasteiger partial charge in [-0.15, -0.1) is 0 Å². The molecule has 2 aliphatic rings. The van der Waals surface area contributed by atoms with Crippen LogP contribution < -0.4 is 0 Å². The van der Waals surface area contributed by atoms with Gasteiger partial charge in [-0.2, -0.15) is 0 Å². The van der Waals surface area contributed by atoms with E-state index in [0.29, 0.717) is 11.3 Å². The zero-order chi connectivity index (χ0) is 24.4. The van der Waals surface area contributed by atoms with Gasteiger partial charge < -0.3 is 14.4 Å². The summed E-state index contributed by atoms with van der Waals surface area (Å²) in [5.74, 6) is -0.895. The minimum Gasteiger partial charge on any atom is -0.507 e. The number of hydrogen-bond donors (Lipinski definition) is 1. The molecular formula is C29H30N2O4. The molecule has 0 aliphatic carbocycles. The third kappa shape index (κ3) is 4.54. The molecule has 0 bridgehead atoms. The Morgan fingerprint density at radius 2 is 1.66 bits per heavy atom. The van der Waals surface area contributed by atoms with Crippen molar-refractivity contribution in [1.29, 1.82) is 0 Å². The monoisotopic (exact) mass is 470 g/mol. The SMILES string of the molecule is CCc1ccc(/C(O)=C2/C(=O)C(=O)N(C3CCN(Cc4ccccc4)CC3)C2c2ccco2)cc1. The first kappa shape index (κ1) is 23.1. The first-order chi connectivity index (χ1) is 17.1. The zero-order valence-corrected chi connectivity index (χ0v) is 19.9. The molecule has 1 unspecified atom stereocenters. The number of ketones is 1. The van der Waals surface area contributed by atoms with Gasteiger partial charge in [0, 0.05) is 31.2 Å². The molecule has 0 saturated carbocycles. The number of aryl methyl sites for hydroxylation is 1. The molecule has 35 heavy (non-hydrogen) atoms. The van der Waals surface area contributed by atoms with E-state index in [4.69, 9.17) is 4.42 Å². The van der Waals surface area contributed by atoms with Gasteiger partial charge >= 0.3 is 0 Å². The predicted octanol–water partition coefficient (Wildman–Crippen LogP) is 4.93. The van der Waals surface area contributed by atoms with E-state index in [1.54, 1.807) is 29.2 Å². The van der Waals surface area contributed by atoms with E-state index in [1.807, 2.05) is 30.3 Å². The molecule has 3 heterocycles. The Labute approximate surface area is 205 Å². The van der Waals surface area contributed by atoms with Crippen LogP contribution in [0, 0.1) is 0 Å². The van der Waals surface area contributed by atoms with Crippen molar-refractivity contribution in [1.82, 2.24) is 9.80 Å². The largest absolute Gasteiger partial charge is 0.507 e. The Morgan fingerprint density at radius 1 is 0.943 bits per heavy atom. The van der Waals surface area contributed by atoms with Crippen LogP contribution in [-0.2, 0) is 22.6 Å². The highest BCUT2D eigenvalue weighted by atomic mass is 16.3. The number of carbonyl (C=O) groups excluding carboxylic acids is 2. The molecule has 1 amide bonds. The molecule has 2 aromatic carbocycles. The summed E-state index contributed by atoms with van der Waals surface area (Å²) in [6.07, 6.45) is 3.92. The van der Waals surface area contributed by atoms with Crippen LogP contribution in [0.15, 0.2) is 83.0 Å². The van der Waals surface area contributed by atoms with Crippen molar-refractivity contribution in [3.8, 4) is 0 Å². The summed E-state index contributed by atoms with van der Waals surface area (Å²) >= 11 is 0. The summed E-state index contributed by atoms with van der Waals surface area (Å²) in [5.41, 5.74) is 3.01. The van der Waals surface area contributed by atoms with Crippen molar-refractivity contribution in [3.05, 3.63) is 101 Å². The second kappa shape index (κ2) is 9.92. The normalized spacial score (nSPS) is 21.1. The van der Waals surface area contributed by atoms with Crippen LogP contribution in [0.25, 0.3) is 5.76 Å². The van der Waals surface area contributed by atoms with Crippen LogP contribution in [0.2, 0.25) is 0 Å². The molecule has 6 heteroatoms. The number of aliphatic hydroxyl groups excluding tert-OH is 1. The maximum Gasteiger partial charge on any atom is 0.296 e. The lowest BCUT2D eigenvalue weighted by Crippen LogP contribution is -2.46. The zero-order valence-electron chi connectivity index (χ0n) is 19.9. The van der Waals surface area contributed by atoms with Gasteiger partial charge in [-0.25, -0.2) is 0 Å². The van der Waals surface area contributed by atoms with Crippen LogP contribution in [0.4, 0.5) is 0 Å². The van der Waals surface area contributed by atoms with E-state index < -0.39 is 17.7 Å². The molecule has 1 N–H and O–H groups in total. The van der Waals surface area contributed by atoms with E-state index in [-0.39, 0.29) is 17.4 Å². The predicted molar refractivity (Wildman–Crippen MR) is 133 cm³/mol. The summed E-state index contributed by atoms with van der Waals surface area (Å²) in [5, 5.41) is 11.2. The fourth-order valence-electron chi connectivity index (χ4n) is 5.20. The third-order valence-corrected chi connectivity index (χ3v) is 7.13. The summed E-state index contributed by atoms with van der Waals surface area (Å²) in [7, 11) is 0. The molecule has 1 aromatic heterocycles. The molecule has 2 fully saturated rings. The van der Waals surface area contributed by atoms with Crippen LogP contribution in [-0.4, -0.2) is 45.7 Å². The minimum atomic E-state index is -0.735. The van der Waals surface area contributed by atoms with Gasteiger partial charge in [-0.05, 0) is 42.5 Å². The van der Waals surface area contributed by atoms with Crippen molar-refractivity contribution in [2.24, 2.45) is 0 Å². The standard InChI is InChI=1S/C29H30N2O4/c1-2-20-10-12-22(13-11-20)27(32)25-26(24-9-6-18-35-24)31(29(34)28(25)33)23-14-16-30(17-15-23)19-21-7-4-3-5-8-21/h3-13,18,23,26,32H,2,14-17,19H2,1H3/b27-25-. The van der Waals surface area contributed by atoms with Gasteiger partial charge in [0.1, 0.15) is 17.6 Å². The molecule has 6 nitrogen and oxygen atoms in total. The number of Topliss-reactive ketones (excluding diaryl/α,β-unsaturated/α-hetero) is 1. The van der Waals surface area contributed by atoms with Gasteiger partial charge in [0.15, 0.2) is 0 Å². The Bertz CT molecular complexity index is 1210. The highest BCUT2D eigenvalue weighted by Crippen LogP contribution is 2.42. The first-order valence-corrected chi connectivity index (χ1v) is 12.3. The van der Waals surface area contributed by atoms with Gasteiger partial charge in [0.05, 0.1) is 11.8 Å². The van der Waals surface area contributed by atoms with Gasteiger partial charge in [0.25, 0.3) is 11.7 Å². The smallest absolute Gasteiger partial charge is 0.296 e. The molecule has 0 radical (unpaired) electrons. The maximum atomic E-state index is 13.3. The van der Waals surface area contributed by atoms with E-state index >= 15 is 0 Å². The van der Waals surface area contributed by atoms with Crippen molar-refractivity contribution < 1.29 is 19.1 Å². The van der Waals surface area contributed by atoms with Crippen molar-refractivity contribution in [2.45, 2.75) is 44.8 Å². The minimum absolute atomic E-state index is 0.0981. The average molecular weight is 471 g/mol. The van der Waals surface area contributed by atoms with Crippen molar-refractivity contribution >= 4 is 17.4 Å². The molecule has 2 aliphatic heterocycles. The lowest BCUT2D eigenvalue weighted by Gasteiger charge is -2.38. The highest BCUT2D eigenvalue weighted by Gasteiger charge is 2.50. The molecule has 5 rings (SSSR count). The van der Waals surface area contributed by atoms with Crippen LogP contribution >= 0.6 is 0 Å². The van der Waals surface area contributed by atoms with E-state index in [2.05, 4.69) is 24.0 Å². The second-order valence-electron chi connectivity index (χ2n) is 9.27. The molecular weight excluding hydrogens is 440 g/mol. The number of aliphatic hydroxyl groups is 1. The number of nitrogens with zero attached hydrogens (tertiary/aromatic N) is 2. The lowest BCUT2D eigenvalue weighted by atomic mass is 9.96. The average Bonchev–Trinajstić information content (AvgIpc) is 3.52. The topological polar surface area (TPSA) is 74.0 Å². The Morgan fingerprint density at radius 3 is 2.29 bits per heavy atom. The highest BCUT2D eigenvalue weighted by molar-refractivity contribution is 6.46. The number of hydrogen-bond acceptors (Lipinski definition) is 5. The van der Waals surface area contributed by atoms with E-state index in [9.17, 15) is 14.7 Å². The molecule has 180 valence electrons. The first-order valence-electron chi connectivity index (χ1n) is 12.3. The van der Waals surface area contributed by atoms with Crippen LogP contribution in [0.1, 0.15) is 48.3 Å². The Kier molecular flexibility index (Phi) is 6.55. The lowest BCUT2D eigenvalue weighted by molar-refractivity contribution is -0.142. The van der Waals surface area contributed by atoms with Crippen molar-refractivity contribution in [2.75, 3.05) is 13.1 Å². The van der Waals surface area contributed by atoms with Crippen LogP contribution in [0.5, 0.6) is 0 Å². The molecule has 3 aromatic rings. The summed E-state index contributed by atoms with van der Waals surface area (Å²) in [6, 6.07) is 20.4. The molecule has 2 saturated heterocycles. The number of furan rings is 1. The van der Waals surface area contributed by atoms with Gasteiger partial charge in [-0.1, -0.05) is 61.5 Å². The number of carbonyl (C=O) groups is 2. The Hall–Kier alpha value is -3.64. The molecule has 1 atom stereocenters. The third-order valence-electron chi connectivity index (χ3n) is 7.13. The van der Waals surface area contributed by atoms with Crippen LogP contribution in [0.3, 0.4) is 0 Å².